The molecule has 0 aliphatic carbocycles. The van der Waals surface area contributed by atoms with Crippen molar-refractivity contribution in [3.63, 3.8) is 0 Å². The maximum Gasteiger partial charge on any atom is 0.106 e. The van der Waals surface area contributed by atoms with Crippen LogP contribution < -0.4 is 0 Å². The van der Waals surface area contributed by atoms with Crippen LogP contribution in [0.1, 0.15) is 17.2 Å². The molecule has 2 nitrogen and oxygen atoms in total. The predicted octanol–water partition coefficient (Wildman–Crippen LogP) is 4.42. The Morgan fingerprint density at radius 3 is 2.30 bits per heavy atom. The van der Waals surface area contributed by atoms with Crippen LogP contribution in [0.15, 0.2) is 67.0 Å². The van der Waals surface area contributed by atoms with Gasteiger partial charge in [0.2, 0.25) is 0 Å². The second kappa shape index (κ2) is 5.53. The van der Waals surface area contributed by atoms with Crippen molar-refractivity contribution in [2.45, 2.75) is 6.10 Å². The van der Waals surface area contributed by atoms with Crippen LogP contribution in [-0.2, 0) is 0 Å². The number of aliphatic hydroxyl groups excluding tert-OH is 1. The normalized spacial score (nSPS) is 12.3. The van der Waals surface area contributed by atoms with Gasteiger partial charge in [0, 0.05) is 28.5 Å². The van der Waals surface area contributed by atoms with E-state index in [-0.39, 0.29) is 0 Å². The fourth-order valence-electron chi connectivity index (χ4n) is 2.30. The Hall–Kier alpha value is -2.03. The number of benzene rings is 2. The average molecular weight is 284 g/mol. The van der Waals surface area contributed by atoms with Crippen molar-refractivity contribution < 1.29 is 5.11 Å². The maximum atomic E-state index is 10.5. The SMILES string of the molecule is OC(c1ccccc1)c1c[nH]cc1-c1ccc(Cl)cc1. The summed E-state index contributed by atoms with van der Waals surface area (Å²) in [5, 5.41) is 11.2. The first kappa shape index (κ1) is 13.0. The molecule has 0 amide bonds. The highest BCUT2D eigenvalue weighted by molar-refractivity contribution is 6.30. The van der Waals surface area contributed by atoms with E-state index in [1.807, 2.05) is 67.0 Å². The van der Waals surface area contributed by atoms with Crippen molar-refractivity contribution in [3.05, 3.63) is 83.1 Å². The highest BCUT2D eigenvalue weighted by Crippen LogP contribution is 2.32. The first-order valence-electron chi connectivity index (χ1n) is 6.41. The molecule has 100 valence electrons. The second-order valence-corrected chi connectivity index (χ2v) is 5.08. The van der Waals surface area contributed by atoms with Crippen molar-refractivity contribution in [3.8, 4) is 11.1 Å². The third kappa shape index (κ3) is 2.48. The van der Waals surface area contributed by atoms with E-state index >= 15 is 0 Å². The van der Waals surface area contributed by atoms with Gasteiger partial charge in [-0.15, -0.1) is 0 Å². The van der Waals surface area contributed by atoms with Gasteiger partial charge < -0.3 is 10.1 Å². The molecule has 0 saturated carbocycles. The summed E-state index contributed by atoms with van der Waals surface area (Å²) in [6.07, 6.45) is 3.08. The Labute approximate surface area is 122 Å². The Morgan fingerprint density at radius 2 is 1.60 bits per heavy atom. The highest BCUT2D eigenvalue weighted by Gasteiger charge is 2.16. The fraction of sp³-hybridized carbons (Fsp3) is 0.0588. The second-order valence-electron chi connectivity index (χ2n) is 4.64. The zero-order valence-corrected chi connectivity index (χ0v) is 11.5. The topological polar surface area (TPSA) is 36.0 Å². The summed E-state index contributed by atoms with van der Waals surface area (Å²) in [6.45, 7) is 0. The summed E-state index contributed by atoms with van der Waals surface area (Å²) in [4.78, 5) is 3.07. The minimum absolute atomic E-state index is 0.645. The Morgan fingerprint density at radius 1 is 0.900 bits per heavy atom. The van der Waals surface area contributed by atoms with Crippen molar-refractivity contribution >= 4 is 11.6 Å². The third-order valence-corrected chi connectivity index (χ3v) is 3.59. The number of aliphatic hydroxyl groups is 1. The van der Waals surface area contributed by atoms with E-state index in [1.54, 1.807) is 0 Å². The van der Waals surface area contributed by atoms with Crippen LogP contribution in [-0.4, -0.2) is 10.1 Å². The van der Waals surface area contributed by atoms with Crippen LogP contribution >= 0.6 is 11.6 Å². The maximum absolute atomic E-state index is 10.5. The smallest absolute Gasteiger partial charge is 0.106 e. The molecule has 2 aromatic carbocycles. The summed E-state index contributed by atoms with van der Waals surface area (Å²) in [7, 11) is 0. The lowest BCUT2D eigenvalue weighted by molar-refractivity contribution is 0.221. The highest BCUT2D eigenvalue weighted by atomic mass is 35.5. The summed E-state index contributed by atoms with van der Waals surface area (Å²) in [5.41, 5.74) is 3.75. The minimum Gasteiger partial charge on any atom is -0.384 e. The zero-order chi connectivity index (χ0) is 13.9. The lowest BCUT2D eigenvalue weighted by Crippen LogP contribution is -1.99. The van der Waals surface area contributed by atoms with Gasteiger partial charge in [-0.2, -0.15) is 0 Å². The molecule has 1 heterocycles. The molecular formula is C17H14ClNO. The van der Waals surface area contributed by atoms with Crippen LogP contribution in [0.4, 0.5) is 0 Å². The fourth-order valence-corrected chi connectivity index (χ4v) is 2.42. The molecule has 0 spiro atoms. The monoisotopic (exact) mass is 283 g/mol. The van der Waals surface area contributed by atoms with Crippen LogP contribution in [0.3, 0.4) is 0 Å². The van der Waals surface area contributed by atoms with Gasteiger partial charge in [0.1, 0.15) is 6.10 Å². The lowest BCUT2D eigenvalue weighted by atomic mass is 9.97. The van der Waals surface area contributed by atoms with Gasteiger partial charge in [-0.05, 0) is 23.3 Å². The molecule has 1 unspecified atom stereocenters. The summed E-state index contributed by atoms with van der Waals surface area (Å²) < 4.78 is 0. The van der Waals surface area contributed by atoms with Gasteiger partial charge in [-0.25, -0.2) is 0 Å². The molecule has 3 heteroatoms. The van der Waals surface area contributed by atoms with Gasteiger partial charge in [-0.3, -0.25) is 0 Å². The van der Waals surface area contributed by atoms with E-state index in [9.17, 15) is 5.11 Å². The van der Waals surface area contributed by atoms with Crippen molar-refractivity contribution in [2.75, 3.05) is 0 Å². The molecule has 0 fully saturated rings. The summed E-state index contributed by atoms with van der Waals surface area (Å²) in [5.74, 6) is 0. The Bertz CT molecular complexity index is 689. The van der Waals surface area contributed by atoms with E-state index in [0.717, 1.165) is 22.3 Å². The van der Waals surface area contributed by atoms with Gasteiger partial charge in [0.05, 0.1) is 0 Å². The first-order chi connectivity index (χ1) is 9.75. The number of hydrogen-bond acceptors (Lipinski definition) is 1. The molecule has 0 radical (unpaired) electrons. The van der Waals surface area contributed by atoms with Crippen molar-refractivity contribution in [1.82, 2.24) is 4.98 Å². The number of nitrogens with one attached hydrogen (secondary N) is 1. The van der Waals surface area contributed by atoms with E-state index in [4.69, 9.17) is 11.6 Å². The van der Waals surface area contributed by atoms with Gasteiger partial charge in [0.25, 0.3) is 0 Å². The quantitative estimate of drug-likeness (QED) is 0.733. The lowest BCUT2D eigenvalue weighted by Gasteiger charge is -2.12. The zero-order valence-electron chi connectivity index (χ0n) is 10.8. The van der Waals surface area contributed by atoms with Crippen LogP contribution in [0, 0.1) is 0 Å². The molecule has 1 aromatic heterocycles. The third-order valence-electron chi connectivity index (χ3n) is 3.34. The molecular weight excluding hydrogens is 270 g/mol. The summed E-state index contributed by atoms with van der Waals surface area (Å²) in [6, 6.07) is 17.2. The number of aromatic amines is 1. The van der Waals surface area contributed by atoms with E-state index < -0.39 is 6.10 Å². The molecule has 0 aliphatic heterocycles. The minimum atomic E-state index is -0.645. The van der Waals surface area contributed by atoms with Crippen molar-refractivity contribution in [2.24, 2.45) is 0 Å². The van der Waals surface area contributed by atoms with E-state index in [0.29, 0.717) is 5.02 Å². The van der Waals surface area contributed by atoms with Gasteiger partial charge in [-0.1, -0.05) is 54.1 Å². The van der Waals surface area contributed by atoms with Crippen LogP contribution in [0.5, 0.6) is 0 Å². The standard InChI is InChI=1S/C17H14ClNO/c18-14-8-6-12(7-9-14)15-10-19-11-16(15)17(20)13-4-2-1-3-5-13/h1-11,17,19-20H. The first-order valence-corrected chi connectivity index (χ1v) is 6.79. The number of H-pyrrole nitrogens is 1. The molecule has 20 heavy (non-hydrogen) atoms. The Kier molecular flexibility index (Phi) is 3.59. The molecule has 3 rings (SSSR count). The molecule has 0 bridgehead atoms. The number of hydrogen-bond donors (Lipinski definition) is 2. The molecule has 0 saturated heterocycles. The largest absolute Gasteiger partial charge is 0.384 e. The Balaban J connectivity index is 2.00. The number of aromatic nitrogens is 1. The average Bonchev–Trinajstić information content (AvgIpc) is 2.97. The molecule has 0 aliphatic rings. The number of halogens is 1. The molecule has 3 aromatic rings. The van der Waals surface area contributed by atoms with E-state index in [1.165, 1.54) is 0 Å². The molecule has 1 atom stereocenters. The van der Waals surface area contributed by atoms with Gasteiger partial charge >= 0.3 is 0 Å². The number of rotatable bonds is 3. The predicted molar refractivity (Wildman–Crippen MR) is 81.7 cm³/mol. The van der Waals surface area contributed by atoms with Crippen LogP contribution in [0.25, 0.3) is 11.1 Å². The molecule has 2 N–H and O–H groups in total. The van der Waals surface area contributed by atoms with Crippen molar-refractivity contribution in [1.29, 1.82) is 0 Å². The van der Waals surface area contributed by atoms with Gasteiger partial charge in [0.15, 0.2) is 0 Å². The van der Waals surface area contributed by atoms with Crippen LogP contribution in [0.2, 0.25) is 5.02 Å². The summed E-state index contributed by atoms with van der Waals surface area (Å²) >= 11 is 5.91. The van der Waals surface area contributed by atoms with E-state index in [2.05, 4.69) is 4.98 Å².